The zero-order valence-electron chi connectivity index (χ0n) is 9.23. The Labute approximate surface area is 90.1 Å². The van der Waals surface area contributed by atoms with Gasteiger partial charge in [-0.15, -0.1) is 0 Å². The van der Waals surface area contributed by atoms with Crippen LogP contribution in [0, 0.1) is 5.92 Å². The molecule has 0 aliphatic carbocycles. The van der Waals surface area contributed by atoms with Gasteiger partial charge in [0.15, 0.2) is 0 Å². The van der Waals surface area contributed by atoms with Crippen LogP contribution in [0.3, 0.4) is 0 Å². The second-order valence-corrected chi connectivity index (χ2v) is 3.72. The van der Waals surface area contributed by atoms with E-state index in [9.17, 15) is 0 Å². The van der Waals surface area contributed by atoms with Gasteiger partial charge >= 0.3 is 0 Å². The van der Waals surface area contributed by atoms with Gasteiger partial charge in [-0.3, -0.25) is 0 Å². The Morgan fingerprint density at radius 3 is 2.93 bits per heavy atom. The SMILES string of the molecule is CC(C)COCCNc1cc(N)ncn1. The standard InChI is InChI=1S/C10H18N4O/c1-8(2)6-15-4-3-12-10-5-9(11)13-7-14-10/h5,7-8H,3-4,6H2,1-2H3,(H3,11,12,13,14). The summed E-state index contributed by atoms with van der Waals surface area (Å²) in [6, 6.07) is 1.70. The molecule has 0 radical (unpaired) electrons. The number of nitrogen functional groups attached to an aromatic ring is 1. The molecule has 0 saturated heterocycles. The van der Waals surface area contributed by atoms with Crippen LogP contribution >= 0.6 is 0 Å². The van der Waals surface area contributed by atoms with E-state index in [2.05, 4.69) is 29.1 Å². The smallest absolute Gasteiger partial charge is 0.131 e. The summed E-state index contributed by atoms with van der Waals surface area (Å²) in [7, 11) is 0. The lowest BCUT2D eigenvalue weighted by molar-refractivity contribution is 0.118. The Morgan fingerprint density at radius 1 is 1.47 bits per heavy atom. The lowest BCUT2D eigenvalue weighted by atomic mass is 10.2. The summed E-state index contributed by atoms with van der Waals surface area (Å²) in [4.78, 5) is 7.82. The summed E-state index contributed by atoms with van der Waals surface area (Å²) in [5, 5.41) is 3.10. The monoisotopic (exact) mass is 210 g/mol. The molecule has 3 N–H and O–H groups in total. The minimum atomic E-state index is 0.468. The van der Waals surface area contributed by atoms with Gasteiger partial charge in [-0.05, 0) is 5.92 Å². The summed E-state index contributed by atoms with van der Waals surface area (Å²) in [6.45, 7) is 6.43. The molecule has 1 aromatic heterocycles. The number of nitrogens with two attached hydrogens (primary N) is 1. The van der Waals surface area contributed by atoms with Crippen LogP contribution < -0.4 is 11.1 Å². The lowest BCUT2D eigenvalue weighted by Gasteiger charge is -2.08. The number of nitrogens with one attached hydrogen (secondary N) is 1. The van der Waals surface area contributed by atoms with Crippen molar-refractivity contribution in [3.63, 3.8) is 0 Å². The highest BCUT2D eigenvalue weighted by atomic mass is 16.5. The van der Waals surface area contributed by atoms with E-state index in [-0.39, 0.29) is 0 Å². The molecule has 5 heteroatoms. The molecule has 15 heavy (non-hydrogen) atoms. The predicted molar refractivity (Wildman–Crippen MR) is 60.6 cm³/mol. The molecule has 0 amide bonds. The van der Waals surface area contributed by atoms with Crippen LogP contribution in [0.5, 0.6) is 0 Å². The Hall–Kier alpha value is -1.36. The minimum Gasteiger partial charge on any atom is -0.384 e. The molecule has 0 bridgehead atoms. The van der Waals surface area contributed by atoms with E-state index in [1.807, 2.05) is 0 Å². The molecule has 0 saturated carbocycles. The van der Waals surface area contributed by atoms with Crippen LogP contribution in [0.1, 0.15) is 13.8 Å². The average Bonchev–Trinajstić information content (AvgIpc) is 2.17. The zero-order valence-corrected chi connectivity index (χ0v) is 9.23. The van der Waals surface area contributed by atoms with Gasteiger partial charge in [0, 0.05) is 19.2 Å². The third-order valence-corrected chi connectivity index (χ3v) is 1.69. The normalized spacial score (nSPS) is 10.6. The summed E-state index contributed by atoms with van der Waals surface area (Å²) < 4.78 is 5.41. The Bertz CT molecular complexity index is 291. The molecule has 84 valence electrons. The number of hydrogen-bond acceptors (Lipinski definition) is 5. The quantitative estimate of drug-likeness (QED) is 0.689. The molecule has 1 aromatic rings. The fourth-order valence-electron chi connectivity index (χ4n) is 1.04. The van der Waals surface area contributed by atoms with Crippen LogP contribution in [0.15, 0.2) is 12.4 Å². The fourth-order valence-corrected chi connectivity index (χ4v) is 1.04. The van der Waals surface area contributed by atoms with Crippen molar-refractivity contribution in [3.05, 3.63) is 12.4 Å². The van der Waals surface area contributed by atoms with Gasteiger partial charge < -0.3 is 15.8 Å². The molecular formula is C10H18N4O. The van der Waals surface area contributed by atoms with Gasteiger partial charge in [-0.25, -0.2) is 9.97 Å². The number of aromatic nitrogens is 2. The molecule has 0 aliphatic rings. The van der Waals surface area contributed by atoms with E-state index >= 15 is 0 Å². The van der Waals surface area contributed by atoms with Crippen molar-refractivity contribution in [3.8, 4) is 0 Å². The fraction of sp³-hybridized carbons (Fsp3) is 0.600. The van der Waals surface area contributed by atoms with Crippen LogP contribution in [-0.2, 0) is 4.74 Å². The molecule has 0 aromatic carbocycles. The predicted octanol–water partition coefficient (Wildman–Crippen LogP) is 1.14. The zero-order chi connectivity index (χ0) is 11.1. The number of rotatable bonds is 6. The maximum atomic E-state index is 5.51. The Kier molecular flexibility index (Phi) is 4.83. The first-order valence-corrected chi connectivity index (χ1v) is 5.07. The van der Waals surface area contributed by atoms with Crippen molar-refractivity contribution >= 4 is 11.6 Å². The number of anilines is 2. The van der Waals surface area contributed by atoms with Gasteiger partial charge in [-0.1, -0.05) is 13.8 Å². The largest absolute Gasteiger partial charge is 0.384 e. The van der Waals surface area contributed by atoms with Crippen molar-refractivity contribution in [2.75, 3.05) is 30.8 Å². The summed E-state index contributed by atoms with van der Waals surface area (Å²) in [5.41, 5.74) is 5.51. The Morgan fingerprint density at radius 2 is 2.27 bits per heavy atom. The molecule has 0 unspecified atom stereocenters. The third-order valence-electron chi connectivity index (χ3n) is 1.69. The van der Waals surface area contributed by atoms with Gasteiger partial charge in [0.1, 0.15) is 18.0 Å². The average molecular weight is 210 g/mol. The molecular weight excluding hydrogens is 192 g/mol. The van der Waals surface area contributed by atoms with E-state index in [4.69, 9.17) is 10.5 Å². The summed E-state index contributed by atoms with van der Waals surface area (Å²) in [6.07, 6.45) is 1.44. The number of nitrogens with zero attached hydrogens (tertiary/aromatic N) is 2. The first kappa shape index (κ1) is 11.7. The van der Waals surface area contributed by atoms with Crippen molar-refractivity contribution in [2.45, 2.75) is 13.8 Å². The second kappa shape index (κ2) is 6.19. The second-order valence-electron chi connectivity index (χ2n) is 3.72. The van der Waals surface area contributed by atoms with Gasteiger partial charge in [-0.2, -0.15) is 0 Å². The van der Waals surface area contributed by atoms with Crippen LogP contribution in [0.4, 0.5) is 11.6 Å². The molecule has 0 fully saturated rings. The molecule has 1 heterocycles. The molecule has 0 atom stereocenters. The highest BCUT2D eigenvalue weighted by molar-refractivity contribution is 5.42. The van der Waals surface area contributed by atoms with E-state index in [0.29, 0.717) is 18.3 Å². The van der Waals surface area contributed by atoms with Gasteiger partial charge in [0.05, 0.1) is 6.61 Å². The molecule has 0 spiro atoms. The van der Waals surface area contributed by atoms with Gasteiger partial charge in [0.2, 0.25) is 0 Å². The van der Waals surface area contributed by atoms with Crippen molar-refractivity contribution < 1.29 is 4.74 Å². The topological polar surface area (TPSA) is 73.1 Å². The maximum Gasteiger partial charge on any atom is 0.131 e. The minimum absolute atomic E-state index is 0.468. The highest BCUT2D eigenvalue weighted by Crippen LogP contribution is 2.03. The van der Waals surface area contributed by atoms with Crippen LogP contribution in [0.2, 0.25) is 0 Å². The first-order valence-electron chi connectivity index (χ1n) is 5.07. The van der Waals surface area contributed by atoms with Crippen LogP contribution in [-0.4, -0.2) is 29.7 Å². The summed E-state index contributed by atoms with van der Waals surface area (Å²) >= 11 is 0. The van der Waals surface area contributed by atoms with Crippen LogP contribution in [0.25, 0.3) is 0 Å². The van der Waals surface area contributed by atoms with Crippen molar-refractivity contribution in [2.24, 2.45) is 5.92 Å². The summed E-state index contributed by atoms with van der Waals surface area (Å²) in [5.74, 6) is 1.77. The van der Waals surface area contributed by atoms with Gasteiger partial charge in [0.25, 0.3) is 0 Å². The van der Waals surface area contributed by atoms with E-state index in [0.717, 1.165) is 19.0 Å². The molecule has 0 aliphatic heterocycles. The third kappa shape index (κ3) is 5.17. The van der Waals surface area contributed by atoms with E-state index < -0.39 is 0 Å². The van der Waals surface area contributed by atoms with Crippen molar-refractivity contribution in [1.82, 2.24) is 9.97 Å². The van der Waals surface area contributed by atoms with E-state index in [1.165, 1.54) is 6.33 Å². The first-order chi connectivity index (χ1) is 7.18. The number of ether oxygens (including phenoxy) is 1. The molecule has 5 nitrogen and oxygen atoms in total. The number of hydrogen-bond donors (Lipinski definition) is 2. The molecule has 1 rings (SSSR count). The van der Waals surface area contributed by atoms with Crippen molar-refractivity contribution in [1.29, 1.82) is 0 Å². The highest BCUT2D eigenvalue weighted by Gasteiger charge is 1.96. The lowest BCUT2D eigenvalue weighted by Crippen LogP contribution is -2.13. The van der Waals surface area contributed by atoms with E-state index in [1.54, 1.807) is 6.07 Å². The maximum absolute atomic E-state index is 5.51. The Balaban J connectivity index is 2.15.